The lowest BCUT2D eigenvalue weighted by molar-refractivity contribution is -0.611. The molecule has 0 unspecified atom stereocenters. The summed E-state index contributed by atoms with van der Waals surface area (Å²) in [5.74, 6) is 0. The summed E-state index contributed by atoms with van der Waals surface area (Å²) in [5.41, 5.74) is 2.57. The van der Waals surface area contributed by atoms with Crippen LogP contribution in [0.25, 0.3) is 11.1 Å². The van der Waals surface area contributed by atoms with Gasteiger partial charge in [0, 0.05) is 23.6 Å². The van der Waals surface area contributed by atoms with Gasteiger partial charge in [0.15, 0.2) is 11.9 Å². The number of hydrogen-bond acceptors (Lipinski definition) is 1. The predicted octanol–water partition coefficient (Wildman–Crippen LogP) is 2.95. The number of nitrogens with zero attached hydrogens (tertiary/aromatic N) is 1. The Labute approximate surface area is 93.3 Å². The van der Waals surface area contributed by atoms with Crippen molar-refractivity contribution in [2.45, 2.75) is 6.92 Å². The molecule has 0 fully saturated rings. The first kappa shape index (κ1) is 9.99. The Bertz CT molecular complexity index is 479. The van der Waals surface area contributed by atoms with E-state index in [0.29, 0.717) is 10.7 Å². The molecule has 0 radical (unpaired) electrons. The fourth-order valence-corrected chi connectivity index (χ4v) is 1.49. The third-order valence-corrected chi connectivity index (χ3v) is 2.54. The van der Waals surface area contributed by atoms with Gasteiger partial charge >= 0.3 is 0 Å². The van der Waals surface area contributed by atoms with Crippen LogP contribution in [0.15, 0.2) is 42.6 Å². The second-order valence-corrected chi connectivity index (χ2v) is 3.83. The van der Waals surface area contributed by atoms with Crippen molar-refractivity contribution in [2.24, 2.45) is 0 Å². The van der Waals surface area contributed by atoms with Gasteiger partial charge in [0.05, 0.1) is 0 Å². The molecule has 0 aliphatic rings. The molecule has 0 bridgehead atoms. The van der Waals surface area contributed by atoms with Gasteiger partial charge in [-0.2, -0.15) is 4.73 Å². The Morgan fingerprint density at radius 2 is 1.60 bits per heavy atom. The summed E-state index contributed by atoms with van der Waals surface area (Å²) in [6, 6.07) is 11.1. The van der Waals surface area contributed by atoms with Crippen molar-refractivity contribution in [1.29, 1.82) is 0 Å². The fourth-order valence-electron chi connectivity index (χ4n) is 1.37. The number of benzene rings is 1. The third-order valence-electron chi connectivity index (χ3n) is 2.29. The van der Waals surface area contributed by atoms with Gasteiger partial charge in [-0.1, -0.05) is 23.7 Å². The summed E-state index contributed by atoms with van der Waals surface area (Å²) in [6.07, 6.45) is 1.57. The van der Waals surface area contributed by atoms with Crippen molar-refractivity contribution in [3.63, 3.8) is 0 Å². The Kier molecular flexibility index (Phi) is 2.60. The summed E-state index contributed by atoms with van der Waals surface area (Å²) in [5, 5.41) is 12.1. The minimum absolute atomic E-state index is 0.688. The number of aryl methyl sites for hydroxylation is 1. The minimum atomic E-state index is 0.688. The summed E-state index contributed by atoms with van der Waals surface area (Å²) >= 11 is 5.79. The van der Waals surface area contributed by atoms with Gasteiger partial charge in [-0.15, -0.1) is 0 Å². The average molecular weight is 220 g/mol. The normalized spacial score (nSPS) is 10.3. The van der Waals surface area contributed by atoms with E-state index in [4.69, 9.17) is 11.6 Å². The third kappa shape index (κ3) is 2.10. The maximum atomic E-state index is 11.4. The van der Waals surface area contributed by atoms with Crippen molar-refractivity contribution in [2.75, 3.05) is 0 Å². The van der Waals surface area contributed by atoms with Crippen LogP contribution in [0.5, 0.6) is 0 Å². The quantitative estimate of drug-likeness (QED) is 0.535. The molecule has 0 N–H and O–H groups in total. The Hall–Kier alpha value is -1.54. The first-order chi connectivity index (χ1) is 7.16. The number of halogens is 1. The largest absolute Gasteiger partial charge is 0.618 e. The molecule has 0 amide bonds. The second-order valence-electron chi connectivity index (χ2n) is 3.39. The molecule has 2 rings (SSSR count). The van der Waals surface area contributed by atoms with Crippen LogP contribution in [0, 0.1) is 12.1 Å². The maximum Gasteiger partial charge on any atom is 0.189 e. The zero-order valence-corrected chi connectivity index (χ0v) is 9.03. The molecule has 0 atom stereocenters. The van der Waals surface area contributed by atoms with E-state index < -0.39 is 0 Å². The van der Waals surface area contributed by atoms with E-state index in [1.165, 1.54) is 0 Å². The van der Waals surface area contributed by atoms with Crippen LogP contribution < -0.4 is 4.73 Å². The highest BCUT2D eigenvalue weighted by Gasteiger charge is 2.03. The Morgan fingerprint density at radius 3 is 2.20 bits per heavy atom. The molecular formula is C12H10ClNO. The lowest BCUT2D eigenvalue weighted by atomic mass is 10.1. The van der Waals surface area contributed by atoms with Crippen molar-refractivity contribution in [1.82, 2.24) is 0 Å². The van der Waals surface area contributed by atoms with E-state index in [9.17, 15) is 5.21 Å². The van der Waals surface area contributed by atoms with Gasteiger partial charge in [0.2, 0.25) is 0 Å². The van der Waals surface area contributed by atoms with Crippen LogP contribution in [0.1, 0.15) is 5.69 Å². The predicted molar refractivity (Wildman–Crippen MR) is 60.6 cm³/mol. The van der Waals surface area contributed by atoms with Crippen LogP contribution in [0.3, 0.4) is 0 Å². The molecule has 15 heavy (non-hydrogen) atoms. The number of aromatic nitrogens is 1. The van der Waals surface area contributed by atoms with Crippen LogP contribution >= 0.6 is 11.6 Å². The Balaban J connectivity index is 2.45. The van der Waals surface area contributed by atoms with Crippen molar-refractivity contribution in [3.05, 3.63) is 58.5 Å². The molecule has 2 nitrogen and oxygen atoms in total. The molecule has 0 spiro atoms. The van der Waals surface area contributed by atoms with Gasteiger partial charge < -0.3 is 5.21 Å². The van der Waals surface area contributed by atoms with Crippen molar-refractivity contribution < 1.29 is 4.73 Å². The number of hydrogen-bond donors (Lipinski definition) is 0. The summed E-state index contributed by atoms with van der Waals surface area (Å²) in [7, 11) is 0. The highest BCUT2D eigenvalue weighted by Crippen LogP contribution is 2.20. The van der Waals surface area contributed by atoms with Gasteiger partial charge in [-0.05, 0) is 23.8 Å². The van der Waals surface area contributed by atoms with Crippen LogP contribution in [-0.2, 0) is 0 Å². The number of rotatable bonds is 1. The van der Waals surface area contributed by atoms with E-state index >= 15 is 0 Å². The molecule has 3 heteroatoms. The molecule has 0 aliphatic heterocycles. The monoisotopic (exact) mass is 219 g/mol. The second kappa shape index (κ2) is 3.91. The lowest BCUT2D eigenvalue weighted by Gasteiger charge is -2.04. The SMILES string of the molecule is Cc1ccc(-c2ccc(Cl)cc2)c[n+]1[O-]. The van der Waals surface area contributed by atoms with Crippen LogP contribution in [0.4, 0.5) is 0 Å². The molecule has 1 aromatic carbocycles. The molecule has 0 saturated carbocycles. The highest BCUT2D eigenvalue weighted by atomic mass is 35.5. The van der Waals surface area contributed by atoms with Gasteiger partial charge in [-0.3, -0.25) is 0 Å². The van der Waals surface area contributed by atoms with E-state index in [2.05, 4.69) is 0 Å². The summed E-state index contributed by atoms with van der Waals surface area (Å²) in [6.45, 7) is 1.78. The van der Waals surface area contributed by atoms with Crippen LogP contribution in [-0.4, -0.2) is 0 Å². The highest BCUT2D eigenvalue weighted by molar-refractivity contribution is 6.30. The molecular weight excluding hydrogens is 210 g/mol. The van der Waals surface area contributed by atoms with E-state index in [0.717, 1.165) is 15.9 Å². The smallest absolute Gasteiger partial charge is 0.189 e. The first-order valence-corrected chi connectivity index (χ1v) is 5.00. The minimum Gasteiger partial charge on any atom is -0.618 e. The molecule has 2 aromatic rings. The molecule has 1 heterocycles. The first-order valence-electron chi connectivity index (χ1n) is 4.62. The average Bonchev–Trinajstić information content (AvgIpc) is 2.23. The van der Waals surface area contributed by atoms with Crippen molar-refractivity contribution in [3.8, 4) is 11.1 Å². The van der Waals surface area contributed by atoms with Crippen molar-refractivity contribution >= 4 is 11.6 Å². The molecule has 76 valence electrons. The summed E-state index contributed by atoms with van der Waals surface area (Å²) < 4.78 is 0.865. The molecule has 0 saturated heterocycles. The van der Waals surface area contributed by atoms with E-state index in [1.54, 1.807) is 19.2 Å². The van der Waals surface area contributed by atoms with Gasteiger partial charge in [0.1, 0.15) is 0 Å². The van der Waals surface area contributed by atoms with Gasteiger partial charge in [0.25, 0.3) is 0 Å². The zero-order chi connectivity index (χ0) is 10.8. The summed E-state index contributed by atoms with van der Waals surface area (Å²) in [4.78, 5) is 0. The number of pyridine rings is 1. The molecule has 1 aromatic heterocycles. The van der Waals surface area contributed by atoms with Crippen LogP contribution in [0.2, 0.25) is 5.02 Å². The standard InChI is InChI=1S/C12H10ClNO/c1-9-2-3-11(8-14(9)15)10-4-6-12(13)7-5-10/h2-8H,1H3. The van der Waals surface area contributed by atoms with E-state index in [1.807, 2.05) is 30.3 Å². The fraction of sp³-hybridized carbons (Fsp3) is 0.0833. The zero-order valence-electron chi connectivity index (χ0n) is 8.27. The Morgan fingerprint density at radius 1 is 1.00 bits per heavy atom. The van der Waals surface area contributed by atoms with E-state index in [-0.39, 0.29) is 0 Å². The topological polar surface area (TPSA) is 26.9 Å². The molecule has 0 aliphatic carbocycles. The maximum absolute atomic E-state index is 11.4. The lowest BCUT2D eigenvalue weighted by Crippen LogP contribution is -2.29. The van der Waals surface area contributed by atoms with Gasteiger partial charge in [-0.25, -0.2) is 0 Å².